The maximum Gasteiger partial charge on any atom is 0.237 e. The summed E-state index contributed by atoms with van der Waals surface area (Å²) in [5.41, 5.74) is 0.913. The molecule has 88 valence electrons. The van der Waals surface area contributed by atoms with Gasteiger partial charge < -0.3 is 5.32 Å². The zero-order chi connectivity index (χ0) is 11.5. The van der Waals surface area contributed by atoms with Gasteiger partial charge in [-0.2, -0.15) is 0 Å². The van der Waals surface area contributed by atoms with Gasteiger partial charge in [0.15, 0.2) is 0 Å². The molecular formula is C10H14ClN3OS. The molecule has 1 aromatic rings. The fourth-order valence-electron chi connectivity index (χ4n) is 1.70. The number of rotatable bonds is 3. The van der Waals surface area contributed by atoms with Gasteiger partial charge >= 0.3 is 0 Å². The van der Waals surface area contributed by atoms with Crippen molar-refractivity contribution in [1.29, 1.82) is 0 Å². The summed E-state index contributed by atoms with van der Waals surface area (Å²) >= 11 is 7.30. The van der Waals surface area contributed by atoms with Crippen molar-refractivity contribution in [3.63, 3.8) is 0 Å². The maximum atomic E-state index is 11.5. The predicted molar refractivity (Wildman–Crippen MR) is 64.6 cm³/mol. The summed E-state index contributed by atoms with van der Waals surface area (Å²) in [7, 11) is 0. The molecule has 0 bridgehead atoms. The molecule has 16 heavy (non-hydrogen) atoms. The van der Waals surface area contributed by atoms with E-state index in [9.17, 15) is 4.79 Å². The highest BCUT2D eigenvalue weighted by atomic mass is 35.5. The Morgan fingerprint density at radius 2 is 2.56 bits per heavy atom. The van der Waals surface area contributed by atoms with E-state index in [2.05, 4.69) is 15.2 Å². The van der Waals surface area contributed by atoms with Crippen molar-refractivity contribution in [2.45, 2.75) is 25.4 Å². The Labute approximate surface area is 104 Å². The molecule has 0 aliphatic carbocycles. The van der Waals surface area contributed by atoms with Crippen LogP contribution in [0.1, 0.15) is 17.6 Å². The quantitative estimate of drug-likeness (QED) is 0.830. The molecule has 0 spiro atoms. The lowest BCUT2D eigenvalue weighted by molar-refractivity contribution is -0.128. The Balaban J connectivity index is 2.00. The van der Waals surface area contributed by atoms with Gasteiger partial charge in [-0.3, -0.25) is 9.69 Å². The monoisotopic (exact) mass is 259 g/mol. The largest absolute Gasteiger partial charge is 0.353 e. The second-order valence-electron chi connectivity index (χ2n) is 3.80. The SMILES string of the molecule is CC1C(=O)NCCN1Cc1nc(CCl)cs1. The minimum atomic E-state index is -0.0721. The van der Waals surface area contributed by atoms with Crippen LogP contribution in [0.3, 0.4) is 0 Å². The van der Waals surface area contributed by atoms with Crippen LogP contribution >= 0.6 is 22.9 Å². The number of hydrogen-bond acceptors (Lipinski definition) is 4. The van der Waals surface area contributed by atoms with Crippen LogP contribution in [0.15, 0.2) is 5.38 Å². The zero-order valence-corrected chi connectivity index (χ0v) is 10.6. The smallest absolute Gasteiger partial charge is 0.237 e. The maximum absolute atomic E-state index is 11.5. The molecule has 1 aliphatic rings. The van der Waals surface area contributed by atoms with Crippen molar-refractivity contribution in [3.05, 3.63) is 16.1 Å². The van der Waals surface area contributed by atoms with Crippen LogP contribution in [-0.2, 0) is 17.2 Å². The van der Waals surface area contributed by atoms with Gasteiger partial charge in [-0.25, -0.2) is 4.98 Å². The predicted octanol–water partition coefficient (Wildman–Crippen LogP) is 1.20. The lowest BCUT2D eigenvalue weighted by atomic mass is 10.2. The topological polar surface area (TPSA) is 45.2 Å². The molecule has 2 heterocycles. The first kappa shape index (κ1) is 11.8. The normalized spacial score (nSPS) is 22.1. The van der Waals surface area contributed by atoms with E-state index in [0.29, 0.717) is 5.88 Å². The van der Waals surface area contributed by atoms with Gasteiger partial charge in [0.2, 0.25) is 5.91 Å². The Hall–Kier alpha value is -0.650. The number of nitrogens with one attached hydrogen (secondary N) is 1. The van der Waals surface area contributed by atoms with Crippen molar-refractivity contribution in [2.24, 2.45) is 0 Å². The molecule has 1 unspecified atom stereocenters. The summed E-state index contributed by atoms with van der Waals surface area (Å²) in [6.07, 6.45) is 0. The van der Waals surface area contributed by atoms with Gasteiger partial charge in [-0.15, -0.1) is 22.9 Å². The zero-order valence-electron chi connectivity index (χ0n) is 9.07. The van der Waals surface area contributed by atoms with E-state index < -0.39 is 0 Å². The summed E-state index contributed by atoms with van der Waals surface area (Å²) in [5.74, 6) is 0.548. The van der Waals surface area contributed by atoms with Crippen LogP contribution < -0.4 is 5.32 Å². The van der Waals surface area contributed by atoms with E-state index in [-0.39, 0.29) is 11.9 Å². The fraction of sp³-hybridized carbons (Fsp3) is 0.600. The Kier molecular flexibility index (Phi) is 3.78. The van der Waals surface area contributed by atoms with Crippen LogP contribution in [0.5, 0.6) is 0 Å². The van der Waals surface area contributed by atoms with Crippen LogP contribution in [0.25, 0.3) is 0 Å². The number of carbonyl (C=O) groups is 1. The van der Waals surface area contributed by atoms with E-state index in [1.807, 2.05) is 12.3 Å². The highest BCUT2D eigenvalue weighted by Crippen LogP contribution is 2.16. The van der Waals surface area contributed by atoms with Gasteiger partial charge in [-0.1, -0.05) is 0 Å². The number of halogens is 1. The van der Waals surface area contributed by atoms with E-state index in [1.165, 1.54) is 0 Å². The van der Waals surface area contributed by atoms with Gasteiger partial charge in [0.1, 0.15) is 5.01 Å². The first-order chi connectivity index (χ1) is 7.70. The van der Waals surface area contributed by atoms with E-state index >= 15 is 0 Å². The van der Waals surface area contributed by atoms with Crippen molar-refractivity contribution in [2.75, 3.05) is 13.1 Å². The summed E-state index contributed by atoms with van der Waals surface area (Å²) in [4.78, 5) is 18.0. The minimum absolute atomic E-state index is 0.0721. The third-order valence-corrected chi connectivity index (χ3v) is 3.86. The molecule has 1 fully saturated rings. The summed E-state index contributed by atoms with van der Waals surface area (Å²) in [5, 5.41) is 5.84. The van der Waals surface area contributed by atoms with Crippen LogP contribution in [0.4, 0.5) is 0 Å². The second kappa shape index (κ2) is 5.12. The Morgan fingerprint density at radius 1 is 1.75 bits per heavy atom. The Morgan fingerprint density at radius 3 is 3.25 bits per heavy atom. The average molecular weight is 260 g/mol. The van der Waals surface area contributed by atoms with Crippen LogP contribution in [0.2, 0.25) is 0 Å². The Bertz CT molecular complexity index is 382. The first-order valence-electron chi connectivity index (χ1n) is 5.21. The number of amides is 1. The standard InChI is InChI=1S/C10H14ClN3OS/c1-7-10(15)12-2-3-14(7)5-9-13-8(4-11)6-16-9/h6-7H,2-5H2,1H3,(H,12,15). The van der Waals surface area contributed by atoms with Crippen LogP contribution in [0, 0.1) is 0 Å². The molecule has 1 atom stereocenters. The van der Waals surface area contributed by atoms with Crippen molar-refractivity contribution in [1.82, 2.24) is 15.2 Å². The summed E-state index contributed by atoms with van der Waals surface area (Å²) < 4.78 is 0. The molecule has 1 aliphatic heterocycles. The summed E-state index contributed by atoms with van der Waals surface area (Å²) in [6.45, 7) is 4.25. The van der Waals surface area contributed by atoms with Crippen molar-refractivity contribution in [3.8, 4) is 0 Å². The van der Waals surface area contributed by atoms with E-state index in [1.54, 1.807) is 11.3 Å². The number of aromatic nitrogens is 1. The molecule has 1 aromatic heterocycles. The minimum Gasteiger partial charge on any atom is -0.353 e. The molecule has 1 amide bonds. The highest BCUT2D eigenvalue weighted by Gasteiger charge is 2.25. The molecule has 1 N–H and O–H groups in total. The van der Waals surface area contributed by atoms with Crippen molar-refractivity contribution >= 4 is 28.8 Å². The third kappa shape index (κ3) is 2.53. The lowest BCUT2D eigenvalue weighted by Gasteiger charge is -2.31. The third-order valence-electron chi connectivity index (χ3n) is 2.70. The number of hydrogen-bond donors (Lipinski definition) is 1. The van der Waals surface area contributed by atoms with Gasteiger partial charge in [-0.05, 0) is 6.92 Å². The molecule has 2 rings (SSSR count). The van der Waals surface area contributed by atoms with Crippen molar-refractivity contribution < 1.29 is 4.79 Å². The van der Waals surface area contributed by atoms with Gasteiger partial charge in [0, 0.05) is 18.5 Å². The van der Waals surface area contributed by atoms with E-state index in [0.717, 1.165) is 30.3 Å². The molecule has 0 saturated carbocycles. The number of alkyl halides is 1. The molecule has 0 radical (unpaired) electrons. The molecule has 0 aromatic carbocycles. The number of carbonyl (C=O) groups excluding carboxylic acids is 1. The second-order valence-corrected chi connectivity index (χ2v) is 5.01. The fourth-order valence-corrected chi connectivity index (χ4v) is 2.75. The molecule has 6 heteroatoms. The van der Waals surface area contributed by atoms with E-state index in [4.69, 9.17) is 11.6 Å². The van der Waals surface area contributed by atoms with Crippen LogP contribution in [-0.4, -0.2) is 34.9 Å². The number of nitrogens with zero attached hydrogens (tertiary/aromatic N) is 2. The molecular weight excluding hydrogens is 246 g/mol. The first-order valence-corrected chi connectivity index (χ1v) is 6.63. The summed E-state index contributed by atoms with van der Waals surface area (Å²) in [6, 6.07) is -0.0721. The van der Waals surface area contributed by atoms with Gasteiger partial charge in [0.05, 0.1) is 24.2 Å². The molecule has 4 nitrogen and oxygen atoms in total. The number of piperazine rings is 1. The van der Waals surface area contributed by atoms with Gasteiger partial charge in [0.25, 0.3) is 0 Å². The number of thiazole rings is 1. The highest BCUT2D eigenvalue weighted by molar-refractivity contribution is 7.09. The lowest BCUT2D eigenvalue weighted by Crippen LogP contribution is -2.53. The average Bonchev–Trinajstić information content (AvgIpc) is 2.73. The molecule has 1 saturated heterocycles.